The number of carbonyl (C=O) groups is 3. The van der Waals surface area contributed by atoms with Gasteiger partial charge >= 0.3 is 5.97 Å². The number of aryl methyl sites for hydroxylation is 3. The van der Waals surface area contributed by atoms with E-state index in [2.05, 4.69) is 16.7 Å². The second kappa shape index (κ2) is 10.4. The van der Waals surface area contributed by atoms with E-state index in [1.807, 2.05) is 51.1 Å². The number of allylic oxidation sites excluding steroid dienone is 1. The number of amides is 2. The first-order valence-corrected chi connectivity index (χ1v) is 11.3. The Morgan fingerprint density at radius 1 is 1.12 bits per heavy atom. The first kappa shape index (κ1) is 24.1. The third-order valence-electron chi connectivity index (χ3n) is 5.42. The molecule has 0 unspecified atom stereocenters. The second-order valence-electron chi connectivity index (χ2n) is 7.89. The summed E-state index contributed by atoms with van der Waals surface area (Å²) < 4.78 is 4.85. The lowest BCUT2D eigenvalue weighted by atomic mass is 9.78. The van der Waals surface area contributed by atoms with Gasteiger partial charge in [0.25, 0.3) is 0 Å². The average molecular weight is 464 g/mol. The van der Waals surface area contributed by atoms with Crippen LogP contribution in [0.2, 0.25) is 0 Å². The Hall–Kier alpha value is -3.57. The SMILES string of the molecule is COC(=O)[C@@H]1C(=O)NC(SCC(=O)Nc2ccc(C)cc2C)=C(C#N)[C@H]1c1ccc(C)cc1. The summed E-state index contributed by atoms with van der Waals surface area (Å²) in [6, 6.07) is 15.2. The van der Waals surface area contributed by atoms with E-state index in [0.29, 0.717) is 11.3 Å². The largest absolute Gasteiger partial charge is 0.468 e. The smallest absolute Gasteiger partial charge is 0.319 e. The highest BCUT2D eigenvalue weighted by Gasteiger charge is 2.44. The van der Waals surface area contributed by atoms with Gasteiger partial charge in [0.1, 0.15) is 5.92 Å². The van der Waals surface area contributed by atoms with Gasteiger partial charge in [0.15, 0.2) is 0 Å². The summed E-state index contributed by atoms with van der Waals surface area (Å²) in [5.41, 5.74) is 4.62. The number of anilines is 1. The van der Waals surface area contributed by atoms with Crippen molar-refractivity contribution in [1.29, 1.82) is 5.26 Å². The van der Waals surface area contributed by atoms with Crippen LogP contribution in [0.1, 0.15) is 28.2 Å². The van der Waals surface area contributed by atoms with E-state index in [1.54, 1.807) is 12.1 Å². The van der Waals surface area contributed by atoms with Crippen molar-refractivity contribution < 1.29 is 19.1 Å². The molecule has 2 atom stereocenters. The van der Waals surface area contributed by atoms with Gasteiger partial charge < -0.3 is 15.4 Å². The quantitative estimate of drug-likeness (QED) is 0.499. The van der Waals surface area contributed by atoms with Crippen LogP contribution < -0.4 is 10.6 Å². The first-order valence-electron chi connectivity index (χ1n) is 10.3. The number of nitrogens with one attached hydrogen (secondary N) is 2. The van der Waals surface area contributed by atoms with E-state index >= 15 is 0 Å². The Balaban J connectivity index is 1.88. The average Bonchev–Trinajstić information content (AvgIpc) is 2.79. The predicted octanol–water partition coefficient (Wildman–Crippen LogP) is 3.72. The monoisotopic (exact) mass is 463 g/mol. The van der Waals surface area contributed by atoms with Crippen molar-refractivity contribution in [2.45, 2.75) is 26.7 Å². The van der Waals surface area contributed by atoms with E-state index in [9.17, 15) is 19.6 Å². The van der Waals surface area contributed by atoms with E-state index in [-0.39, 0.29) is 22.3 Å². The molecule has 170 valence electrons. The number of ether oxygens (including phenoxy) is 1. The van der Waals surface area contributed by atoms with Crippen LogP contribution in [0.5, 0.6) is 0 Å². The standard InChI is InChI=1S/C25H25N3O4S/c1-14-5-8-17(9-6-14)21-18(12-26)24(28-23(30)22(21)25(31)32-4)33-13-20(29)27-19-10-7-15(2)11-16(19)3/h5-11,21-22H,13H2,1-4H3,(H,27,29)(H,28,30)/t21-,22+/m1/s1. The molecule has 1 heterocycles. The minimum Gasteiger partial charge on any atom is -0.468 e. The highest BCUT2D eigenvalue weighted by Crippen LogP contribution is 2.40. The Bertz CT molecular complexity index is 1170. The molecule has 0 bridgehead atoms. The maximum absolute atomic E-state index is 12.9. The zero-order chi connectivity index (χ0) is 24.1. The Morgan fingerprint density at radius 2 is 1.79 bits per heavy atom. The molecule has 2 amide bonds. The molecule has 0 saturated heterocycles. The van der Waals surface area contributed by atoms with Crippen LogP contribution in [0.4, 0.5) is 5.69 Å². The van der Waals surface area contributed by atoms with Gasteiger partial charge in [0.2, 0.25) is 11.8 Å². The molecule has 0 aliphatic carbocycles. The first-order chi connectivity index (χ1) is 15.7. The molecule has 1 aliphatic heterocycles. The molecular weight excluding hydrogens is 438 g/mol. The van der Waals surface area contributed by atoms with Crippen LogP contribution in [-0.2, 0) is 19.1 Å². The minimum absolute atomic E-state index is 0.0163. The fourth-order valence-electron chi connectivity index (χ4n) is 3.73. The van der Waals surface area contributed by atoms with Crippen molar-refractivity contribution in [2.24, 2.45) is 5.92 Å². The molecule has 0 saturated carbocycles. The summed E-state index contributed by atoms with van der Waals surface area (Å²) in [5, 5.41) is 15.7. The summed E-state index contributed by atoms with van der Waals surface area (Å²) in [4.78, 5) is 37.8. The van der Waals surface area contributed by atoms with E-state index < -0.39 is 23.7 Å². The maximum atomic E-state index is 12.9. The van der Waals surface area contributed by atoms with Crippen molar-refractivity contribution in [2.75, 3.05) is 18.2 Å². The third kappa shape index (κ3) is 5.44. The predicted molar refractivity (Wildman–Crippen MR) is 127 cm³/mol. The molecular formula is C25H25N3O4S. The highest BCUT2D eigenvalue weighted by molar-refractivity contribution is 8.03. The molecule has 0 fully saturated rings. The number of nitriles is 1. The maximum Gasteiger partial charge on any atom is 0.319 e. The molecule has 0 aromatic heterocycles. The topological polar surface area (TPSA) is 108 Å². The van der Waals surface area contributed by atoms with E-state index in [1.165, 1.54) is 7.11 Å². The lowest BCUT2D eigenvalue weighted by Crippen LogP contribution is -2.44. The molecule has 8 heteroatoms. The van der Waals surface area contributed by atoms with Crippen LogP contribution in [-0.4, -0.2) is 30.6 Å². The number of benzene rings is 2. The van der Waals surface area contributed by atoms with E-state index in [0.717, 1.165) is 28.5 Å². The molecule has 1 aliphatic rings. The molecule has 2 N–H and O–H groups in total. The Labute approximate surface area is 197 Å². The van der Waals surface area contributed by atoms with Crippen molar-refractivity contribution >= 4 is 35.2 Å². The van der Waals surface area contributed by atoms with Crippen LogP contribution in [0.15, 0.2) is 53.1 Å². The Kier molecular flexibility index (Phi) is 7.56. The Morgan fingerprint density at radius 3 is 2.39 bits per heavy atom. The summed E-state index contributed by atoms with van der Waals surface area (Å²) in [7, 11) is 1.21. The summed E-state index contributed by atoms with van der Waals surface area (Å²) in [6.07, 6.45) is 0. The van der Waals surface area contributed by atoms with Crippen LogP contribution in [0.25, 0.3) is 0 Å². The van der Waals surface area contributed by atoms with E-state index in [4.69, 9.17) is 4.74 Å². The van der Waals surface area contributed by atoms with Crippen molar-refractivity contribution in [1.82, 2.24) is 5.32 Å². The lowest BCUT2D eigenvalue weighted by molar-refractivity contribution is -0.150. The third-order valence-corrected chi connectivity index (χ3v) is 6.44. The van der Waals surface area contributed by atoms with Crippen molar-refractivity contribution in [3.63, 3.8) is 0 Å². The van der Waals surface area contributed by atoms with Gasteiger partial charge in [0.05, 0.1) is 29.5 Å². The van der Waals surface area contributed by atoms with Gasteiger partial charge in [-0.25, -0.2) is 0 Å². The number of esters is 1. The molecule has 2 aromatic rings. The number of hydrogen-bond donors (Lipinski definition) is 2. The fourth-order valence-corrected chi connectivity index (χ4v) is 4.58. The molecule has 2 aromatic carbocycles. The molecule has 3 rings (SSSR count). The lowest BCUT2D eigenvalue weighted by Gasteiger charge is -2.31. The molecule has 0 spiro atoms. The molecule has 7 nitrogen and oxygen atoms in total. The van der Waals surface area contributed by atoms with Gasteiger partial charge in [-0.3, -0.25) is 14.4 Å². The van der Waals surface area contributed by atoms with Crippen LogP contribution >= 0.6 is 11.8 Å². The fraction of sp³-hybridized carbons (Fsp3) is 0.280. The zero-order valence-corrected chi connectivity index (χ0v) is 19.7. The minimum atomic E-state index is -1.19. The van der Waals surface area contributed by atoms with Gasteiger partial charge in [-0.15, -0.1) is 0 Å². The van der Waals surface area contributed by atoms with Crippen molar-refractivity contribution in [3.8, 4) is 6.07 Å². The van der Waals surface area contributed by atoms with Crippen molar-refractivity contribution in [3.05, 3.63) is 75.3 Å². The van der Waals surface area contributed by atoms with Gasteiger partial charge in [-0.1, -0.05) is 59.3 Å². The van der Waals surface area contributed by atoms with Gasteiger partial charge in [0, 0.05) is 11.6 Å². The number of carbonyl (C=O) groups excluding carboxylic acids is 3. The van der Waals surface area contributed by atoms with Crippen LogP contribution in [0.3, 0.4) is 0 Å². The number of thioether (sulfide) groups is 1. The number of nitrogens with zero attached hydrogens (tertiary/aromatic N) is 1. The van der Waals surface area contributed by atoms with Crippen LogP contribution in [0, 0.1) is 38.0 Å². The highest BCUT2D eigenvalue weighted by atomic mass is 32.2. The summed E-state index contributed by atoms with van der Waals surface area (Å²) in [5.74, 6) is -3.57. The van der Waals surface area contributed by atoms with Gasteiger partial charge in [-0.2, -0.15) is 5.26 Å². The second-order valence-corrected chi connectivity index (χ2v) is 8.87. The van der Waals surface area contributed by atoms with Gasteiger partial charge in [-0.05, 0) is 38.0 Å². The number of rotatable bonds is 6. The number of methoxy groups -OCH3 is 1. The zero-order valence-electron chi connectivity index (χ0n) is 18.9. The summed E-state index contributed by atoms with van der Waals surface area (Å²) >= 11 is 1.05. The molecule has 0 radical (unpaired) electrons. The molecule has 33 heavy (non-hydrogen) atoms. The number of hydrogen-bond acceptors (Lipinski definition) is 6. The normalized spacial score (nSPS) is 17.7. The summed E-state index contributed by atoms with van der Waals surface area (Å²) in [6.45, 7) is 5.81.